The van der Waals surface area contributed by atoms with Gasteiger partial charge in [-0.15, -0.1) is 0 Å². The minimum absolute atomic E-state index is 0.228. The van der Waals surface area contributed by atoms with E-state index in [2.05, 4.69) is 10.3 Å². The SMILES string of the molecule is Fc1ccc(OCc2ccncc2)c(CNC2CC2)c1. The van der Waals surface area contributed by atoms with Crippen molar-refractivity contribution in [2.45, 2.75) is 32.0 Å². The average Bonchev–Trinajstić information content (AvgIpc) is 3.29. The van der Waals surface area contributed by atoms with Crippen LogP contribution in [0, 0.1) is 5.82 Å². The molecule has 20 heavy (non-hydrogen) atoms. The van der Waals surface area contributed by atoms with Gasteiger partial charge in [0.1, 0.15) is 18.2 Å². The molecular weight excluding hydrogens is 255 g/mol. The predicted molar refractivity (Wildman–Crippen MR) is 74.8 cm³/mol. The van der Waals surface area contributed by atoms with Crippen molar-refractivity contribution in [1.82, 2.24) is 10.3 Å². The van der Waals surface area contributed by atoms with Crippen molar-refractivity contribution in [2.75, 3.05) is 0 Å². The van der Waals surface area contributed by atoms with E-state index in [0.717, 1.165) is 16.9 Å². The monoisotopic (exact) mass is 272 g/mol. The molecule has 0 radical (unpaired) electrons. The third kappa shape index (κ3) is 3.54. The van der Waals surface area contributed by atoms with E-state index in [-0.39, 0.29) is 5.82 Å². The van der Waals surface area contributed by atoms with Crippen molar-refractivity contribution in [2.24, 2.45) is 0 Å². The zero-order valence-electron chi connectivity index (χ0n) is 11.2. The van der Waals surface area contributed by atoms with Crippen LogP contribution in [0.3, 0.4) is 0 Å². The molecule has 1 heterocycles. The lowest BCUT2D eigenvalue weighted by molar-refractivity contribution is 0.301. The second-order valence-electron chi connectivity index (χ2n) is 5.05. The van der Waals surface area contributed by atoms with Gasteiger partial charge in [0.25, 0.3) is 0 Å². The maximum Gasteiger partial charge on any atom is 0.124 e. The number of halogens is 1. The highest BCUT2D eigenvalue weighted by Gasteiger charge is 2.20. The summed E-state index contributed by atoms with van der Waals surface area (Å²) in [6.45, 7) is 1.11. The normalized spacial score (nSPS) is 14.2. The van der Waals surface area contributed by atoms with E-state index >= 15 is 0 Å². The summed E-state index contributed by atoms with van der Waals surface area (Å²) < 4.78 is 19.2. The van der Waals surface area contributed by atoms with E-state index in [1.807, 2.05) is 12.1 Å². The van der Waals surface area contributed by atoms with E-state index in [1.165, 1.54) is 25.0 Å². The Labute approximate surface area is 117 Å². The molecule has 1 aromatic heterocycles. The quantitative estimate of drug-likeness (QED) is 0.877. The summed E-state index contributed by atoms with van der Waals surface area (Å²) in [5.41, 5.74) is 1.91. The molecule has 1 fully saturated rings. The van der Waals surface area contributed by atoms with Crippen LogP contribution in [0.15, 0.2) is 42.7 Å². The highest BCUT2D eigenvalue weighted by molar-refractivity contribution is 5.34. The van der Waals surface area contributed by atoms with Gasteiger partial charge in [-0.05, 0) is 48.7 Å². The van der Waals surface area contributed by atoms with Crippen LogP contribution in [0.25, 0.3) is 0 Å². The van der Waals surface area contributed by atoms with Gasteiger partial charge < -0.3 is 10.1 Å². The Morgan fingerprint density at radius 3 is 2.75 bits per heavy atom. The minimum Gasteiger partial charge on any atom is -0.489 e. The zero-order chi connectivity index (χ0) is 13.8. The molecule has 0 atom stereocenters. The molecule has 0 unspecified atom stereocenters. The lowest BCUT2D eigenvalue weighted by Crippen LogP contribution is -2.16. The number of benzene rings is 1. The summed E-state index contributed by atoms with van der Waals surface area (Å²) in [6, 6.07) is 9.07. The molecule has 0 aliphatic heterocycles. The number of hydrogen-bond donors (Lipinski definition) is 1. The van der Waals surface area contributed by atoms with Crippen molar-refractivity contribution in [3.05, 3.63) is 59.7 Å². The van der Waals surface area contributed by atoms with Crippen LogP contribution in [0.2, 0.25) is 0 Å². The standard InChI is InChI=1S/C16H17FN2O/c17-14-1-4-16(13(9-14)10-19-15-2-3-15)20-11-12-5-7-18-8-6-12/h1,4-9,15,19H,2-3,10-11H2. The van der Waals surface area contributed by atoms with Gasteiger partial charge in [-0.1, -0.05) is 0 Å². The summed E-state index contributed by atoms with van der Waals surface area (Å²) in [6.07, 6.45) is 5.89. The zero-order valence-corrected chi connectivity index (χ0v) is 11.2. The summed E-state index contributed by atoms with van der Waals surface area (Å²) in [7, 11) is 0. The Balaban J connectivity index is 1.67. The molecule has 1 aliphatic rings. The second-order valence-corrected chi connectivity index (χ2v) is 5.05. The van der Waals surface area contributed by atoms with Gasteiger partial charge in [0.2, 0.25) is 0 Å². The molecule has 0 bridgehead atoms. The van der Waals surface area contributed by atoms with Crippen LogP contribution in [-0.4, -0.2) is 11.0 Å². The fraction of sp³-hybridized carbons (Fsp3) is 0.312. The summed E-state index contributed by atoms with van der Waals surface area (Å²) in [5, 5.41) is 3.38. The number of ether oxygens (including phenoxy) is 1. The second kappa shape index (κ2) is 6.01. The average molecular weight is 272 g/mol. The topological polar surface area (TPSA) is 34.1 Å². The largest absolute Gasteiger partial charge is 0.489 e. The Hall–Kier alpha value is -1.94. The molecule has 4 heteroatoms. The van der Waals surface area contributed by atoms with Crippen molar-refractivity contribution < 1.29 is 9.13 Å². The lowest BCUT2D eigenvalue weighted by atomic mass is 10.2. The molecule has 0 amide bonds. The fourth-order valence-corrected chi connectivity index (χ4v) is 2.01. The summed E-state index contributed by atoms with van der Waals surface area (Å²) >= 11 is 0. The molecule has 1 aromatic carbocycles. The van der Waals surface area contributed by atoms with E-state index in [4.69, 9.17) is 4.74 Å². The van der Waals surface area contributed by atoms with Gasteiger partial charge >= 0.3 is 0 Å². The maximum absolute atomic E-state index is 13.4. The Kier molecular flexibility index (Phi) is 3.92. The van der Waals surface area contributed by atoms with E-state index in [9.17, 15) is 4.39 Å². The molecule has 2 aromatic rings. The van der Waals surface area contributed by atoms with Gasteiger partial charge in [0, 0.05) is 30.5 Å². The number of pyridine rings is 1. The van der Waals surface area contributed by atoms with E-state index < -0.39 is 0 Å². The van der Waals surface area contributed by atoms with Crippen LogP contribution in [0.1, 0.15) is 24.0 Å². The van der Waals surface area contributed by atoms with Gasteiger partial charge in [-0.25, -0.2) is 4.39 Å². The highest BCUT2D eigenvalue weighted by atomic mass is 19.1. The molecule has 3 rings (SSSR count). The first-order valence-electron chi connectivity index (χ1n) is 6.85. The van der Waals surface area contributed by atoms with Crippen LogP contribution < -0.4 is 10.1 Å². The fourth-order valence-electron chi connectivity index (χ4n) is 2.01. The molecule has 0 saturated heterocycles. The molecule has 0 spiro atoms. The van der Waals surface area contributed by atoms with Crippen molar-refractivity contribution in [3.8, 4) is 5.75 Å². The van der Waals surface area contributed by atoms with Gasteiger partial charge in [-0.2, -0.15) is 0 Å². The van der Waals surface area contributed by atoms with Gasteiger partial charge in [-0.3, -0.25) is 4.98 Å². The van der Waals surface area contributed by atoms with Crippen molar-refractivity contribution in [3.63, 3.8) is 0 Å². The van der Waals surface area contributed by atoms with Crippen LogP contribution in [0.4, 0.5) is 4.39 Å². The van der Waals surface area contributed by atoms with Gasteiger partial charge in [0.15, 0.2) is 0 Å². The lowest BCUT2D eigenvalue weighted by Gasteiger charge is -2.12. The molecule has 3 nitrogen and oxygen atoms in total. The van der Waals surface area contributed by atoms with Crippen molar-refractivity contribution in [1.29, 1.82) is 0 Å². The van der Waals surface area contributed by atoms with Crippen LogP contribution in [0.5, 0.6) is 5.75 Å². The third-order valence-electron chi connectivity index (χ3n) is 3.32. The number of nitrogens with one attached hydrogen (secondary N) is 1. The van der Waals surface area contributed by atoms with Crippen LogP contribution in [-0.2, 0) is 13.2 Å². The first kappa shape index (κ1) is 13.1. The molecular formula is C16H17FN2O. The third-order valence-corrected chi connectivity index (χ3v) is 3.32. The van der Waals surface area contributed by atoms with Gasteiger partial charge in [0.05, 0.1) is 0 Å². The summed E-state index contributed by atoms with van der Waals surface area (Å²) in [4.78, 5) is 3.97. The first-order valence-corrected chi connectivity index (χ1v) is 6.85. The number of rotatable bonds is 6. The Morgan fingerprint density at radius 1 is 1.20 bits per heavy atom. The highest BCUT2D eigenvalue weighted by Crippen LogP contribution is 2.24. The Morgan fingerprint density at radius 2 is 2.00 bits per heavy atom. The number of hydrogen-bond acceptors (Lipinski definition) is 3. The maximum atomic E-state index is 13.4. The van der Waals surface area contributed by atoms with E-state index in [1.54, 1.807) is 18.5 Å². The smallest absolute Gasteiger partial charge is 0.124 e. The Bertz CT molecular complexity index is 570. The van der Waals surface area contributed by atoms with Crippen LogP contribution >= 0.6 is 0 Å². The first-order chi connectivity index (χ1) is 9.81. The van der Waals surface area contributed by atoms with E-state index in [0.29, 0.717) is 19.2 Å². The molecule has 104 valence electrons. The van der Waals surface area contributed by atoms with Crippen molar-refractivity contribution >= 4 is 0 Å². The molecule has 1 N–H and O–H groups in total. The number of nitrogens with zero attached hydrogens (tertiary/aromatic N) is 1. The molecule has 1 saturated carbocycles. The summed E-state index contributed by atoms with van der Waals surface area (Å²) in [5.74, 6) is 0.505. The minimum atomic E-state index is -0.228. The number of aromatic nitrogens is 1. The molecule has 1 aliphatic carbocycles. The predicted octanol–water partition coefficient (Wildman–Crippen LogP) is 3.05.